The van der Waals surface area contributed by atoms with Gasteiger partial charge < -0.3 is 0 Å². The monoisotopic (exact) mass is 341 g/mol. The van der Waals surface area contributed by atoms with E-state index in [2.05, 4.69) is 26.5 Å². The Balaban J connectivity index is 1.86. The van der Waals surface area contributed by atoms with Crippen molar-refractivity contribution in [2.45, 2.75) is 6.42 Å². The molecule has 0 spiro atoms. The van der Waals surface area contributed by atoms with Gasteiger partial charge in [-0.1, -0.05) is 40.2 Å². The first-order valence-electron chi connectivity index (χ1n) is 6.24. The fourth-order valence-electron chi connectivity index (χ4n) is 1.65. The van der Waals surface area contributed by atoms with Gasteiger partial charge in [-0.3, -0.25) is 4.79 Å². The summed E-state index contributed by atoms with van der Waals surface area (Å²) in [5, 5.41) is 12.6. The maximum Gasteiger partial charge on any atom is 0.244 e. The predicted octanol–water partition coefficient (Wildman–Crippen LogP) is 3.01. The molecule has 0 aliphatic rings. The van der Waals surface area contributed by atoms with Gasteiger partial charge in [0.25, 0.3) is 0 Å². The van der Waals surface area contributed by atoms with Crippen molar-refractivity contribution in [3.05, 3.63) is 69.7 Å². The highest BCUT2D eigenvalue weighted by Crippen LogP contribution is 2.10. The summed E-state index contributed by atoms with van der Waals surface area (Å²) in [4.78, 5) is 11.7. The van der Waals surface area contributed by atoms with Gasteiger partial charge in [0.15, 0.2) is 0 Å². The van der Waals surface area contributed by atoms with E-state index in [0.29, 0.717) is 5.56 Å². The Hall–Kier alpha value is -2.45. The van der Waals surface area contributed by atoms with E-state index in [1.165, 1.54) is 0 Å². The van der Waals surface area contributed by atoms with E-state index in [1.54, 1.807) is 30.5 Å². The third-order valence-corrected chi connectivity index (χ3v) is 3.25. The molecule has 0 aliphatic carbocycles. The van der Waals surface area contributed by atoms with Crippen LogP contribution in [0.3, 0.4) is 0 Å². The Morgan fingerprint density at radius 3 is 2.48 bits per heavy atom. The van der Waals surface area contributed by atoms with E-state index < -0.39 is 0 Å². The van der Waals surface area contributed by atoms with Crippen molar-refractivity contribution in [3.8, 4) is 6.07 Å². The average molecular weight is 342 g/mol. The molecule has 21 heavy (non-hydrogen) atoms. The number of hydrogen-bond acceptors (Lipinski definition) is 3. The van der Waals surface area contributed by atoms with E-state index in [-0.39, 0.29) is 12.3 Å². The third-order valence-electron chi connectivity index (χ3n) is 2.72. The van der Waals surface area contributed by atoms with Crippen LogP contribution in [0, 0.1) is 11.3 Å². The predicted molar refractivity (Wildman–Crippen MR) is 84.7 cm³/mol. The zero-order chi connectivity index (χ0) is 15.1. The summed E-state index contributed by atoms with van der Waals surface area (Å²) >= 11 is 3.35. The minimum Gasteiger partial charge on any atom is -0.273 e. The molecule has 0 bridgehead atoms. The number of amides is 1. The Kier molecular flexibility index (Phi) is 5.24. The molecule has 1 amide bonds. The van der Waals surface area contributed by atoms with Crippen molar-refractivity contribution in [2.24, 2.45) is 5.10 Å². The van der Waals surface area contributed by atoms with Gasteiger partial charge in [0.1, 0.15) is 0 Å². The summed E-state index contributed by atoms with van der Waals surface area (Å²) in [7, 11) is 0. The summed E-state index contributed by atoms with van der Waals surface area (Å²) in [6.07, 6.45) is 1.82. The molecule has 0 saturated heterocycles. The summed E-state index contributed by atoms with van der Waals surface area (Å²) in [6.45, 7) is 0. The zero-order valence-corrected chi connectivity index (χ0v) is 12.7. The molecular formula is C16H12BrN3O. The van der Waals surface area contributed by atoms with Gasteiger partial charge in [0, 0.05) is 4.47 Å². The molecule has 104 valence electrons. The lowest BCUT2D eigenvalue weighted by molar-refractivity contribution is -0.120. The van der Waals surface area contributed by atoms with Crippen LogP contribution in [-0.4, -0.2) is 12.1 Å². The highest BCUT2D eigenvalue weighted by molar-refractivity contribution is 9.10. The Morgan fingerprint density at radius 1 is 1.19 bits per heavy atom. The quantitative estimate of drug-likeness (QED) is 0.686. The van der Waals surface area contributed by atoms with Crippen molar-refractivity contribution in [1.29, 1.82) is 5.26 Å². The lowest BCUT2D eigenvalue weighted by atomic mass is 10.1. The van der Waals surface area contributed by atoms with Crippen LogP contribution in [0.15, 0.2) is 58.1 Å². The number of nitrogens with one attached hydrogen (secondary N) is 1. The molecule has 0 atom stereocenters. The largest absolute Gasteiger partial charge is 0.273 e. The molecule has 0 saturated carbocycles. The average Bonchev–Trinajstić information content (AvgIpc) is 2.50. The van der Waals surface area contributed by atoms with E-state index in [4.69, 9.17) is 5.26 Å². The minimum atomic E-state index is -0.179. The minimum absolute atomic E-state index is 0.179. The second-order valence-corrected chi connectivity index (χ2v) is 5.25. The van der Waals surface area contributed by atoms with Crippen LogP contribution in [0.25, 0.3) is 0 Å². The van der Waals surface area contributed by atoms with Crippen LogP contribution in [0.2, 0.25) is 0 Å². The van der Waals surface area contributed by atoms with Gasteiger partial charge in [-0.25, -0.2) is 5.43 Å². The second kappa shape index (κ2) is 7.36. The number of benzene rings is 2. The number of rotatable bonds is 4. The number of carbonyl (C=O) groups is 1. The SMILES string of the molecule is N#Cc1ccc(/C=N\NC(=O)Cc2ccc(Br)cc2)cc1. The molecule has 0 unspecified atom stereocenters. The molecule has 0 heterocycles. The topological polar surface area (TPSA) is 65.2 Å². The van der Waals surface area contributed by atoms with Crippen molar-refractivity contribution in [1.82, 2.24) is 5.43 Å². The summed E-state index contributed by atoms with van der Waals surface area (Å²) < 4.78 is 0.977. The zero-order valence-electron chi connectivity index (χ0n) is 11.1. The van der Waals surface area contributed by atoms with E-state index >= 15 is 0 Å². The fraction of sp³-hybridized carbons (Fsp3) is 0.0625. The van der Waals surface area contributed by atoms with Gasteiger partial charge >= 0.3 is 0 Å². The van der Waals surface area contributed by atoms with Crippen LogP contribution in [0.1, 0.15) is 16.7 Å². The highest BCUT2D eigenvalue weighted by atomic mass is 79.9. The van der Waals surface area contributed by atoms with Crippen LogP contribution in [-0.2, 0) is 11.2 Å². The lowest BCUT2D eigenvalue weighted by Crippen LogP contribution is -2.19. The first-order chi connectivity index (χ1) is 10.2. The number of hydrogen-bond donors (Lipinski definition) is 1. The Labute approximate surface area is 131 Å². The third kappa shape index (κ3) is 4.86. The molecule has 4 nitrogen and oxygen atoms in total. The molecule has 0 aliphatic heterocycles. The van der Waals surface area contributed by atoms with Crippen molar-refractivity contribution >= 4 is 28.1 Å². The van der Waals surface area contributed by atoms with Crippen molar-refractivity contribution < 1.29 is 4.79 Å². The highest BCUT2D eigenvalue weighted by Gasteiger charge is 2.01. The Bertz CT molecular complexity index is 685. The maximum atomic E-state index is 11.7. The smallest absolute Gasteiger partial charge is 0.244 e. The second-order valence-electron chi connectivity index (χ2n) is 4.33. The number of halogens is 1. The number of nitriles is 1. The molecule has 2 aromatic carbocycles. The number of hydrazone groups is 1. The molecule has 0 radical (unpaired) electrons. The first kappa shape index (κ1) is 14.9. The van der Waals surface area contributed by atoms with Crippen LogP contribution in [0.4, 0.5) is 0 Å². The van der Waals surface area contributed by atoms with Crippen LogP contribution >= 0.6 is 15.9 Å². The molecule has 5 heteroatoms. The lowest BCUT2D eigenvalue weighted by Gasteiger charge is -2.00. The fourth-order valence-corrected chi connectivity index (χ4v) is 1.91. The molecular weight excluding hydrogens is 330 g/mol. The van der Waals surface area contributed by atoms with E-state index in [9.17, 15) is 4.79 Å². The summed E-state index contributed by atoms with van der Waals surface area (Å²) in [5.41, 5.74) is 4.80. The van der Waals surface area contributed by atoms with Crippen LogP contribution in [0.5, 0.6) is 0 Å². The molecule has 2 aromatic rings. The molecule has 1 N–H and O–H groups in total. The van der Waals surface area contributed by atoms with Gasteiger partial charge in [0.05, 0.1) is 24.3 Å². The van der Waals surface area contributed by atoms with Gasteiger partial charge in [0.2, 0.25) is 5.91 Å². The van der Waals surface area contributed by atoms with Gasteiger partial charge in [-0.05, 0) is 35.4 Å². The van der Waals surface area contributed by atoms with E-state index in [0.717, 1.165) is 15.6 Å². The van der Waals surface area contributed by atoms with Gasteiger partial charge in [-0.15, -0.1) is 0 Å². The number of nitrogens with zero attached hydrogens (tertiary/aromatic N) is 2. The molecule has 0 fully saturated rings. The maximum absolute atomic E-state index is 11.7. The standard InChI is InChI=1S/C16H12BrN3O/c17-15-7-5-12(6-8-15)9-16(21)20-19-11-14-3-1-13(10-18)2-4-14/h1-8,11H,9H2,(H,20,21)/b19-11-. The van der Waals surface area contributed by atoms with Crippen molar-refractivity contribution in [2.75, 3.05) is 0 Å². The molecule has 0 aromatic heterocycles. The number of carbonyl (C=O) groups excluding carboxylic acids is 1. The molecule has 2 rings (SSSR count). The summed E-state index contributed by atoms with van der Waals surface area (Å²) in [6, 6.07) is 16.5. The van der Waals surface area contributed by atoms with E-state index in [1.807, 2.05) is 30.3 Å². The first-order valence-corrected chi connectivity index (χ1v) is 7.03. The van der Waals surface area contributed by atoms with Gasteiger partial charge in [-0.2, -0.15) is 10.4 Å². The normalized spacial score (nSPS) is 10.3. The summed E-state index contributed by atoms with van der Waals surface area (Å²) in [5.74, 6) is -0.179. The van der Waals surface area contributed by atoms with Crippen molar-refractivity contribution in [3.63, 3.8) is 0 Å². The Morgan fingerprint density at radius 2 is 1.86 bits per heavy atom. The van der Waals surface area contributed by atoms with Crippen LogP contribution < -0.4 is 5.43 Å².